The third-order valence-electron chi connectivity index (χ3n) is 12.4. The lowest BCUT2D eigenvalue weighted by atomic mass is 9.76. The van der Waals surface area contributed by atoms with E-state index in [2.05, 4.69) is 15.2 Å². The highest BCUT2D eigenvalue weighted by atomic mass is 19.1. The lowest BCUT2D eigenvalue weighted by Crippen LogP contribution is -2.50. The Kier molecular flexibility index (Phi) is 10.1. The molecule has 5 aliphatic rings. The van der Waals surface area contributed by atoms with Gasteiger partial charge >= 0.3 is 12.1 Å². The Morgan fingerprint density at radius 1 is 0.961 bits per heavy atom. The van der Waals surface area contributed by atoms with Crippen LogP contribution in [0.2, 0.25) is 0 Å². The molecule has 0 bridgehead atoms. The monoisotopic (exact) mass is 706 g/mol. The number of hydrogen-bond donors (Lipinski definition) is 2. The molecule has 3 atom stereocenters. The zero-order valence-corrected chi connectivity index (χ0v) is 30.5. The van der Waals surface area contributed by atoms with Crippen LogP contribution < -0.4 is 10.6 Å². The van der Waals surface area contributed by atoms with Crippen LogP contribution >= 0.6 is 0 Å². The highest BCUT2D eigenvalue weighted by molar-refractivity contribution is 6.02. The second-order valence-electron chi connectivity index (χ2n) is 16.9. The molecular formula is C40H55FN4O6. The lowest BCUT2D eigenvalue weighted by Gasteiger charge is -2.37. The number of aromatic nitrogens is 1. The third kappa shape index (κ3) is 7.23. The van der Waals surface area contributed by atoms with E-state index in [4.69, 9.17) is 9.47 Å². The van der Waals surface area contributed by atoms with Crippen molar-refractivity contribution in [3.8, 4) is 0 Å². The molecule has 2 N–H and O–H groups in total. The van der Waals surface area contributed by atoms with Crippen molar-refractivity contribution < 1.29 is 33.0 Å². The molecule has 1 spiro atoms. The Bertz CT molecular complexity index is 1630. The minimum Gasteiger partial charge on any atom is -0.444 e. The number of carbonyl (C=O) groups excluding carboxylic acids is 4. The van der Waals surface area contributed by atoms with Crippen molar-refractivity contribution in [1.82, 2.24) is 14.8 Å². The van der Waals surface area contributed by atoms with Gasteiger partial charge in [-0.05, 0) is 108 Å². The number of hydrogen-bond acceptors (Lipinski definition) is 6. The van der Waals surface area contributed by atoms with Gasteiger partial charge in [-0.15, -0.1) is 0 Å². The van der Waals surface area contributed by atoms with Crippen molar-refractivity contribution in [2.75, 3.05) is 18.5 Å². The first kappa shape index (κ1) is 35.8. The standard InChI is InChI=1S/C40H55FN4O6/c1-39(2,3)51-38(49)43-31(24-41)26-12-14-27(15-13-26)36(47)44-21-18-30(25-10-6-4-7-11-25)34(44)35(46)42-29-16-17-32-28(22-29)23-33-37(48)50-40(45(32)33)19-8-5-9-20-40/h16-17,22-23,25-27,30-31,34H,4-15,18-21,24H2,1-3H3,(H,42,46)(H,43,49)/t26?,27?,30-,31+,34-/m0/s1. The second kappa shape index (κ2) is 14.4. The summed E-state index contributed by atoms with van der Waals surface area (Å²) in [4.78, 5) is 55.7. The maximum atomic E-state index is 14.3. The SMILES string of the molecule is CC(C)(C)OC(=O)N[C@H](CF)C1CCC(C(=O)N2CC[C@@H](C3CCCCC3)[C@H]2C(=O)Nc2ccc3c(c2)cc2n3C3(CCCCC3)OC2=O)CC1. The van der Waals surface area contributed by atoms with Gasteiger partial charge in [0.2, 0.25) is 11.8 Å². The van der Waals surface area contributed by atoms with Gasteiger partial charge in [0.25, 0.3) is 0 Å². The van der Waals surface area contributed by atoms with E-state index in [0.717, 1.165) is 75.1 Å². The van der Waals surface area contributed by atoms with E-state index in [-0.39, 0.29) is 35.5 Å². The van der Waals surface area contributed by atoms with Gasteiger partial charge in [0.15, 0.2) is 5.72 Å². The number of halogens is 1. The summed E-state index contributed by atoms with van der Waals surface area (Å²) in [7, 11) is 0. The van der Waals surface area contributed by atoms with Gasteiger partial charge in [-0.2, -0.15) is 0 Å². The molecule has 10 nitrogen and oxygen atoms in total. The Morgan fingerprint density at radius 3 is 2.35 bits per heavy atom. The summed E-state index contributed by atoms with van der Waals surface area (Å²) in [5, 5.41) is 6.79. The number of nitrogens with one attached hydrogen (secondary N) is 2. The van der Waals surface area contributed by atoms with Gasteiger partial charge in [-0.25, -0.2) is 14.0 Å². The van der Waals surface area contributed by atoms with Gasteiger partial charge in [-0.3, -0.25) is 14.2 Å². The molecule has 2 aliphatic heterocycles. The zero-order chi connectivity index (χ0) is 35.9. The highest BCUT2D eigenvalue weighted by Gasteiger charge is 2.48. The second-order valence-corrected chi connectivity index (χ2v) is 16.9. The minimum absolute atomic E-state index is 0.0133. The predicted molar refractivity (Wildman–Crippen MR) is 192 cm³/mol. The van der Waals surface area contributed by atoms with Crippen LogP contribution in [-0.4, -0.2) is 64.2 Å². The van der Waals surface area contributed by atoms with Crippen LogP contribution in [0.1, 0.15) is 128 Å². The van der Waals surface area contributed by atoms with Crippen LogP contribution in [-0.2, 0) is 24.8 Å². The quantitative estimate of drug-likeness (QED) is 0.284. The molecule has 11 heteroatoms. The molecule has 1 aromatic carbocycles. The van der Waals surface area contributed by atoms with E-state index >= 15 is 0 Å². The predicted octanol–water partition coefficient (Wildman–Crippen LogP) is 7.83. The molecule has 1 aromatic heterocycles. The number of esters is 1. The lowest BCUT2D eigenvalue weighted by molar-refractivity contribution is -0.142. The molecule has 3 heterocycles. The fourth-order valence-corrected chi connectivity index (χ4v) is 10.00. The summed E-state index contributed by atoms with van der Waals surface area (Å²) in [6.45, 7) is 5.18. The largest absolute Gasteiger partial charge is 0.444 e. The third-order valence-corrected chi connectivity index (χ3v) is 12.4. The van der Waals surface area contributed by atoms with Crippen molar-refractivity contribution in [3.05, 3.63) is 30.0 Å². The first-order valence-electron chi connectivity index (χ1n) is 19.5. The van der Waals surface area contributed by atoms with Gasteiger partial charge in [-0.1, -0.05) is 38.5 Å². The van der Waals surface area contributed by atoms with E-state index in [0.29, 0.717) is 49.5 Å². The number of anilines is 1. The summed E-state index contributed by atoms with van der Waals surface area (Å²) in [5.74, 6) is -0.250. The number of amides is 3. The van der Waals surface area contributed by atoms with E-state index in [9.17, 15) is 23.6 Å². The molecule has 4 fully saturated rings. The fourth-order valence-electron chi connectivity index (χ4n) is 10.00. The first-order valence-corrected chi connectivity index (χ1v) is 19.5. The Labute approximate surface area is 300 Å². The molecular weight excluding hydrogens is 651 g/mol. The minimum atomic E-state index is -0.692. The van der Waals surface area contributed by atoms with Gasteiger partial charge in [0.05, 0.1) is 11.6 Å². The Hall–Kier alpha value is -3.63. The number of nitrogens with zero attached hydrogens (tertiary/aromatic N) is 2. The van der Waals surface area contributed by atoms with E-state index in [1.165, 1.54) is 6.42 Å². The topological polar surface area (TPSA) is 119 Å². The number of alkyl carbamates (subject to hydrolysis) is 1. The van der Waals surface area contributed by atoms with Crippen LogP contribution in [0, 0.1) is 23.7 Å². The van der Waals surface area contributed by atoms with E-state index < -0.39 is 36.2 Å². The number of ether oxygens (including phenoxy) is 2. The number of fused-ring (bicyclic) bond motifs is 4. The maximum absolute atomic E-state index is 14.3. The summed E-state index contributed by atoms with van der Waals surface area (Å²) in [6.07, 6.45) is 13.1. The van der Waals surface area contributed by atoms with Gasteiger partial charge < -0.3 is 25.0 Å². The Morgan fingerprint density at radius 2 is 1.67 bits per heavy atom. The summed E-state index contributed by atoms with van der Waals surface area (Å²) in [5.41, 5.74) is 0.857. The van der Waals surface area contributed by atoms with Crippen molar-refractivity contribution in [3.63, 3.8) is 0 Å². The van der Waals surface area contributed by atoms with Crippen LogP contribution in [0.5, 0.6) is 0 Å². The summed E-state index contributed by atoms with van der Waals surface area (Å²) >= 11 is 0. The fraction of sp³-hybridized carbons (Fsp3) is 0.700. The molecule has 1 saturated heterocycles. The van der Waals surface area contributed by atoms with Crippen LogP contribution in [0.3, 0.4) is 0 Å². The van der Waals surface area contributed by atoms with Crippen LogP contribution in [0.15, 0.2) is 24.3 Å². The normalized spacial score (nSPS) is 27.2. The molecule has 278 valence electrons. The molecule has 3 amide bonds. The van der Waals surface area contributed by atoms with E-state index in [1.54, 1.807) is 20.8 Å². The number of likely N-dealkylation sites (tertiary alicyclic amines) is 1. The van der Waals surface area contributed by atoms with Crippen LogP contribution in [0.25, 0.3) is 10.9 Å². The molecule has 2 aromatic rings. The smallest absolute Gasteiger partial charge is 0.407 e. The van der Waals surface area contributed by atoms with Gasteiger partial charge in [0.1, 0.15) is 24.0 Å². The van der Waals surface area contributed by atoms with Crippen molar-refractivity contribution in [1.29, 1.82) is 0 Å². The summed E-state index contributed by atoms with van der Waals surface area (Å²) in [6, 6.07) is 6.48. The van der Waals surface area contributed by atoms with Gasteiger partial charge in [0, 0.05) is 36.4 Å². The first-order chi connectivity index (χ1) is 24.5. The number of rotatable bonds is 7. The molecule has 51 heavy (non-hydrogen) atoms. The van der Waals surface area contributed by atoms with Crippen LogP contribution in [0.4, 0.5) is 14.9 Å². The van der Waals surface area contributed by atoms with Crippen molar-refractivity contribution >= 4 is 40.5 Å². The van der Waals surface area contributed by atoms with Crippen molar-refractivity contribution in [2.45, 2.75) is 140 Å². The average Bonchev–Trinajstić information content (AvgIpc) is 3.80. The molecule has 0 radical (unpaired) electrons. The number of alkyl halides is 1. The summed E-state index contributed by atoms with van der Waals surface area (Å²) < 4.78 is 27.5. The van der Waals surface area contributed by atoms with E-state index in [1.807, 2.05) is 29.2 Å². The maximum Gasteiger partial charge on any atom is 0.407 e. The zero-order valence-electron chi connectivity index (χ0n) is 30.5. The Balaban J connectivity index is 1.06. The molecule has 7 rings (SSSR count). The highest BCUT2D eigenvalue weighted by Crippen LogP contribution is 2.46. The molecule has 3 aliphatic carbocycles. The number of carbonyl (C=O) groups is 4. The molecule has 3 saturated carbocycles. The average molecular weight is 707 g/mol. The molecule has 0 unspecified atom stereocenters. The van der Waals surface area contributed by atoms with Crippen molar-refractivity contribution in [2.24, 2.45) is 23.7 Å². The number of benzene rings is 1.